The van der Waals surface area contributed by atoms with Crippen LogP contribution in [0.15, 0.2) is 189 Å². The Morgan fingerprint density at radius 2 is 0.683 bits per heavy atom. The minimum atomic E-state index is -1.58. The number of anilines is 3. The van der Waals surface area contributed by atoms with E-state index in [1.807, 2.05) is 4.90 Å². The molecule has 0 radical (unpaired) electrons. The highest BCUT2D eigenvalue weighted by Gasteiger charge is 2.55. The molecule has 3 spiro atoms. The van der Waals surface area contributed by atoms with E-state index >= 15 is 0 Å². The van der Waals surface area contributed by atoms with Gasteiger partial charge in [-0.3, -0.25) is 43.7 Å². The van der Waals surface area contributed by atoms with Gasteiger partial charge in [-0.15, -0.1) is 0 Å². The summed E-state index contributed by atoms with van der Waals surface area (Å²) < 4.78 is 147. The van der Waals surface area contributed by atoms with Crippen molar-refractivity contribution in [2.24, 2.45) is 0 Å². The molecule has 6 fully saturated rings. The maximum absolute atomic E-state index is 14.7. The van der Waals surface area contributed by atoms with Crippen molar-refractivity contribution >= 4 is 52.1 Å². The molecule has 12 aromatic rings. The maximum atomic E-state index is 14.7. The van der Waals surface area contributed by atoms with E-state index < -0.39 is 80.6 Å². The summed E-state index contributed by atoms with van der Waals surface area (Å²) >= 11 is 0. The number of carbonyl (C=O) groups is 6. The van der Waals surface area contributed by atoms with Gasteiger partial charge in [-0.25, -0.2) is 57.9 Å². The Labute approximate surface area is 698 Å². The molecule has 0 aliphatic carbocycles. The summed E-state index contributed by atoms with van der Waals surface area (Å²) in [5.74, 6) is -10.3. The smallest absolute Gasteiger partial charge is 0.274 e. The first-order valence-electron chi connectivity index (χ1n) is 40.0. The number of pyridine rings is 3. The number of halogens is 10. The number of hydrogen-bond donors (Lipinski definition) is 1. The molecule has 6 saturated heterocycles. The zero-order valence-electron chi connectivity index (χ0n) is 66.7. The normalized spacial score (nSPS) is 16.6. The van der Waals surface area contributed by atoms with Gasteiger partial charge >= 0.3 is 0 Å². The van der Waals surface area contributed by atoms with Crippen LogP contribution in [0.3, 0.4) is 0 Å². The van der Waals surface area contributed by atoms with Crippen LogP contribution in [-0.2, 0) is 21.0 Å². The fourth-order valence-corrected chi connectivity index (χ4v) is 17.7. The standard InChI is InChI=1S/C31H29F2N5O3.2C30H25F4N5O2/c1-20-2-4-24(17-25(20)33)38-28(21-6-11-34-12-7-21)18-26(35-38)30(41)36-14-9-31(10-15-36)29(40)8-13-37(31)27-5-3-23(32)16-22(27)19-39;1-18-2-3-21(16-22(18)32)39-26(19-4-9-35-10-5-19)17-25(36-39)29(41)37-12-7-30(8-13-37)27(40)6-11-38(30)28-23(33)14-20(31)15-24(28)34;1-18-2-3-20(16-22(18)32)39-25(19-6-11-35-12-7-19)17-23(36-39)29(41)37-14-9-30(10-15-37)26(40)8-13-38(30)24-5-4-21(31)27(33)28(24)34/h2-7,11-12,16-18,39H,8-10,13-15,19H2,1H3;2-5,9-10,14-17H,6-8,11-13H2,1H3;2-7,11-12,16-17H,8-10,13-15H2,1H3. The molecule has 3 amide bonds. The van der Waals surface area contributed by atoms with E-state index in [9.17, 15) is 77.8 Å². The van der Waals surface area contributed by atoms with Crippen molar-refractivity contribution in [2.45, 2.75) is 102 Å². The number of aromatic nitrogens is 9. The Morgan fingerprint density at radius 1 is 0.350 bits per heavy atom. The number of aliphatic hydroxyl groups is 1. The highest BCUT2D eigenvalue weighted by atomic mass is 19.2. The van der Waals surface area contributed by atoms with Crippen LogP contribution in [0.4, 0.5) is 61.0 Å². The van der Waals surface area contributed by atoms with Crippen LogP contribution in [0.25, 0.3) is 50.8 Å². The van der Waals surface area contributed by atoms with E-state index in [0.29, 0.717) is 113 Å². The average Bonchev–Trinajstić information content (AvgIpc) is 1.63. The first-order valence-corrected chi connectivity index (χ1v) is 40.0. The highest BCUT2D eigenvalue weighted by molar-refractivity contribution is 6.00. The number of rotatable bonds is 13. The molecule has 22 nitrogen and oxygen atoms in total. The molecule has 6 aliphatic rings. The SMILES string of the molecule is Cc1ccc(-n2nc(C(=O)N3CCC4(CC3)C(=O)CCN4c3c(F)cc(F)cc3F)cc2-c2ccncc2)cc1F.Cc1ccc(-n2nc(C(=O)N3CCC4(CC3)C(=O)CCN4c3ccc(F)c(F)c3F)cc2-c2ccncc2)cc1F.Cc1ccc(-n2nc(C(=O)N3CCC4(CC3)C(=O)CCN4c3ccc(F)cc3CO)cc2-c2ccncc2)cc1F. The van der Waals surface area contributed by atoms with Crippen molar-refractivity contribution in [3.05, 3.63) is 286 Å². The van der Waals surface area contributed by atoms with Crippen molar-refractivity contribution in [1.82, 2.24) is 59.0 Å². The number of nitrogens with zero attached hydrogens (tertiary/aromatic N) is 15. The zero-order chi connectivity index (χ0) is 86.5. The van der Waals surface area contributed by atoms with E-state index in [1.165, 1.54) is 49.5 Å². The van der Waals surface area contributed by atoms with E-state index in [4.69, 9.17) is 0 Å². The summed E-state index contributed by atoms with van der Waals surface area (Å²) in [5.41, 5.74) is 4.61. The van der Waals surface area contributed by atoms with E-state index in [1.54, 1.807) is 174 Å². The van der Waals surface area contributed by atoms with Gasteiger partial charge < -0.3 is 34.5 Å². The molecule has 0 unspecified atom stereocenters. The third-order valence-electron chi connectivity index (χ3n) is 24.4. The number of aliphatic hydroxyl groups excluding tert-OH is 1. The molecule has 12 heterocycles. The minimum absolute atomic E-state index is 0.0865. The lowest BCUT2D eigenvalue weighted by atomic mass is 9.83. The van der Waals surface area contributed by atoms with Crippen LogP contribution >= 0.6 is 0 Å². The number of likely N-dealkylation sites (tertiary alicyclic amines) is 3. The Balaban J connectivity index is 0.000000137. The quantitative estimate of drug-likeness (QED) is 0.0834. The number of Topliss-reactive ketones (excluding diaryl/α,β-unsaturated/α-hetero) is 3. The fourth-order valence-electron chi connectivity index (χ4n) is 17.7. The van der Waals surface area contributed by atoms with Crippen LogP contribution in [0, 0.1) is 78.9 Å². The molecule has 0 saturated carbocycles. The van der Waals surface area contributed by atoms with Gasteiger partial charge in [0.2, 0.25) is 0 Å². The van der Waals surface area contributed by atoms with Crippen molar-refractivity contribution < 1.29 is 77.8 Å². The van der Waals surface area contributed by atoms with Crippen LogP contribution in [0.2, 0.25) is 0 Å². The Bertz CT molecular complexity index is 6100. The summed E-state index contributed by atoms with van der Waals surface area (Å²) in [6, 6.07) is 37.2. The van der Waals surface area contributed by atoms with Gasteiger partial charge in [-0.1, -0.05) is 18.2 Å². The zero-order valence-corrected chi connectivity index (χ0v) is 66.7. The van der Waals surface area contributed by atoms with E-state index in [2.05, 4.69) is 30.2 Å². The monoisotopic (exact) mass is 1680 g/mol. The molecular formula is C91H79F10N15O7. The second-order valence-corrected chi connectivity index (χ2v) is 31.3. The molecule has 0 bridgehead atoms. The first kappa shape index (κ1) is 83.1. The van der Waals surface area contributed by atoms with E-state index in [-0.39, 0.29) is 142 Å². The van der Waals surface area contributed by atoms with Crippen LogP contribution < -0.4 is 14.7 Å². The summed E-state index contributed by atoms with van der Waals surface area (Å²) in [6.07, 6.45) is 11.8. The molecule has 6 aromatic carbocycles. The Hall–Kier alpha value is -13.5. The number of benzene rings is 6. The summed E-state index contributed by atoms with van der Waals surface area (Å²) in [5, 5.41) is 23.5. The van der Waals surface area contributed by atoms with Crippen molar-refractivity contribution in [1.29, 1.82) is 0 Å². The molecule has 6 aliphatic heterocycles. The molecule has 0 atom stereocenters. The molecule has 18 rings (SSSR count). The second kappa shape index (κ2) is 33.8. The predicted molar refractivity (Wildman–Crippen MR) is 434 cm³/mol. The summed E-state index contributed by atoms with van der Waals surface area (Å²) in [6.45, 7) is 6.66. The lowest BCUT2D eigenvalue weighted by molar-refractivity contribution is -0.123. The second-order valence-electron chi connectivity index (χ2n) is 31.3. The molecular weight excluding hydrogens is 1610 g/mol. The highest BCUT2D eigenvalue weighted by Crippen LogP contribution is 2.46. The minimum Gasteiger partial charge on any atom is -0.392 e. The van der Waals surface area contributed by atoms with Crippen molar-refractivity contribution in [2.75, 3.05) is 73.6 Å². The number of ketones is 3. The number of carbonyl (C=O) groups excluding carboxylic acids is 6. The van der Waals surface area contributed by atoms with Gasteiger partial charge in [0, 0.05) is 155 Å². The maximum Gasteiger partial charge on any atom is 0.274 e. The summed E-state index contributed by atoms with van der Waals surface area (Å²) in [7, 11) is 0. The molecule has 32 heteroatoms. The average molecular weight is 1680 g/mol. The lowest BCUT2D eigenvalue weighted by Gasteiger charge is -2.45. The van der Waals surface area contributed by atoms with Crippen LogP contribution in [0.1, 0.15) is 112 Å². The van der Waals surface area contributed by atoms with Gasteiger partial charge in [0.1, 0.15) is 51.4 Å². The largest absolute Gasteiger partial charge is 0.392 e. The van der Waals surface area contributed by atoms with Gasteiger partial charge in [0.15, 0.2) is 63.5 Å². The van der Waals surface area contributed by atoms with Gasteiger partial charge in [-0.2, -0.15) is 15.3 Å². The van der Waals surface area contributed by atoms with Crippen molar-refractivity contribution in [3.63, 3.8) is 0 Å². The molecule has 1 N–H and O–H groups in total. The number of hydrogen-bond acceptors (Lipinski definition) is 16. The molecule has 6 aromatic heterocycles. The van der Waals surface area contributed by atoms with Gasteiger partial charge in [-0.05, 0) is 197 Å². The predicted octanol–water partition coefficient (Wildman–Crippen LogP) is 15.0. The Kier molecular flexibility index (Phi) is 22.9. The van der Waals surface area contributed by atoms with E-state index in [0.717, 1.165) is 28.8 Å². The molecule has 123 heavy (non-hydrogen) atoms. The number of piperidine rings is 3. The third kappa shape index (κ3) is 15.6. The topological polar surface area (TPSA) is 234 Å². The summed E-state index contributed by atoms with van der Waals surface area (Å²) in [4.78, 5) is 102. The lowest BCUT2D eigenvalue weighted by Crippen LogP contribution is -2.57. The van der Waals surface area contributed by atoms with Crippen LogP contribution in [0.5, 0.6) is 0 Å². The first-order chi connectivity index (χ1) is 59.2. The Morgan fingerprint density at radius 3 is 1.03 bits per heavy atom. The number of aryl methyl sites for hydroxylation is 3. The molecule has 630 valence electrons. The fraction of sp³-hybridized carbons (Fsp3) is 0.275. The number of amides is 3. The van der Waals surface area contributed by atoms with Gasteiger partial charge in [0.25, 0.3) is 17.7 Å². The third-order valence-corrected chi connectivity index (χ3v) is 24.4. The van der Waals surface area contributed by atoms with Crippen molar-refractivity contribution in [3.8, 4) is 50.8 Å². The van der Waals surface area contributed by atoms with Gasteiger partial charge in [0.05, 0.1) is 46.4 Å². The van der Waals surface area contributed by atoms with Crippen LogP contribution in [-0.4, -0.2) is 175 Å².